The Kier molecular flexibility index (Phi) is 7.67. The molecule has 1 atom stereocenters. The number of phenolic OH excluding ortho intramolecular Hbond substituents is 1. The minimum Gasteiger partial charge on any atom is -0.508 e. The molecule has 3 nitrogen and oxygen atoms in total. The second-order valence-corrected chi connectivity index (χ2v) is 11.8. The van der Waals surface area contributed by atoms with E-state index in [1.807, 2.05) is 26.0 Å². The largest absolute Gasteiger partial charge is 0.508 e. The predicted octanol–water partition coefficient (Wildman–Crippen LogP) is 7.72. The monoisotopic (exact) mass is 442 g/mol. The van der Waals surface area contributed by atoms with Crippen molar-refractivity contribution in [2.45, 2.75) is 105 Å². The molecule has 0 spiro atoms. The number of benzene rings is 1. The Balaban J connectivity index is 0.000000222. The summed E-state index contributed by atoms with van der Waals surface area (Å²) >= 11 is 0. The van der Waals surface area contributed by atoms with Crippen LogP contribution in [0.5, 0.6) is 5.75 Å². The van der Waals surface area contributed by atoms with Crippen LogP contribution >= 0.6 is 0 Å². The fourth-order valence-corrected chi connectivity index (χ4v) is 6.63. The van der Waals surface area contributed by atoms with Gasteiger partial charge in [0.05, 0.1) is 5.41 Å². The molecule has 0 aromatic heterocycles. The third-order valence-corrected chi connectivity index (χ3v) is 9.10. The predicted molar refractivity (Wildman–Crippen MR) is 132 cm³/mol. The van der Waals surface area contributed by atoms with Crippen LogP contribution < -0.4 is 0 Å². The number of esters is 1. The molecule has 32 heavy (non-hydrogen) atoms. The molecular formula is C29H46O3. The summed E-state index contributed by atoms with van der Waals surface area (Å²) in [6, 6.07) is 7.43. The number of carbonyl (C=O) groups excluding carboxylic acids is 1. The Morgan fingerprint density at radius 2 is 1.50 bits per heavy atom. The van der Waals surface area contributed by atoms with E-state index < -0.39 is 0 Å². The van der Waals surface area contributed by atoms with E-state index in [1.165, 1.54) is 37.7 Å². The lowest BCUT2D eigenvalue weighted by Crippen LogP contribution is -2.63. The summed E-state index contributed by atoms with van der Waals surface area (Å²) < 4.78 is 6.39. The van der Waals surface area contributed by atoms with Crippen LogP contribution in [0.15, 0.2) is 24.3 Å². The molecule has 3 heteroatoms. The summed E-state index contributed by atoms with van der Waals surface area (Å²) in [5.41, 5.74) is 0.776. The van der Waals surface area contributed by atoms with Gasteiger partial charge < -0.3 is 9.84 Å². The Labute approximate surface area is 196 Å². The maximum absolute atomic E-state index is 12.8. The second kappa shape index (κ2) is 9.77. The average molecular weight is 443 g/mol. The van der Waals surface area contributed by atoms with Crippen LogP contribution in [0, 0.1) is 35.0 Å². The molecule has 4 saturated carbocycles. The molecule has 0 aliphatic heterocycles. The summed E-state index contributed by atoms with van der Waals surface area (Å²) in [5.74, 6) is 4.47. The van der Waals surface area contributed by atoms with Gasteiger partial charge in [0, 0.05) is 0 Å². The van der Waals surface area contributed by atoms with Gasteiger partial charge in [0.25, 0.3) is 0 Å². The maximum Gasteiger partial charge on any atom is 0.312 e. The fraction of sp³-hybridized carbons (Fsp3) is 0.759. The van der Waals surface area contributed by atoms with Gasteiger partial charge in [-0.25, -0.2) is 0 Å². The number of hydrogen-bond donors (Lipinski definition) is 1. The van der Waals surface area contributed by atoms with Gasteiger partial charge in [-0.1, -0.05) is 46.8 Å². The first-order valence-corrected chi connectivity index (χ1v) is 13.1. The molecule has 4 aliphatic rings. The third kappa shape index (κ3) is 4.87. The van der Waals surface area contributed by atoms with Gasteiger partial charge in [0.2, 0.25) is 0 Å². The number of ether oxygens (including phenoxy) is 1. The van der Waals surface area contributed by atoms with Crippen molar-refractivity contribution < 1.29 is 14.6 Å². The maximum atomic E-state index is 12.8. The molecule has 0 saturated heterocycles. The van der Waals surface area contributed by atoms with E-state index in [9.17, 15) is 4.79 Å². The highest BCUT2D eigenvalue weighted by molar-refractivity contribution is 5.76. The molecule has 4 aliphatic carbocycles. The summed E-state index contributed by atoms with van der Waals surface area (Å²) in [4.78, 5) is 12.8. The molecule has 0 heterocycles. The van der Waals surface area contributed by atoms with Gasteiger partial charge in [-0.2, -0.15) is 0 Å². The van der Waals surface area contributed by atoms with Crippen LogP contribution in [-0.2, 0) is 9.53 Å². The van der Waals surface area contributed by atoms with E-state index in [-0.39, 0.29) is 17.0 Å². The first-order chi connectivity index (χ1) is 15.0. The van der Waals surface area contributed by atoms with Crippen molar-refractivity contribution >= 4 is 5.97 Å². The molecule has 1 unspecified atom stereocenters. The number of rotatable bonds is 6. The van der Waals surface area contributed by atoms with Gasteiger partial charge in [-0.15, -0.1) is 0 Å². The SMILES string of the molecule is CCC(C)(C)C(=O)OC1(C(C)C)C2CC3CC(C2)CC1C3.CCC(C)c1ccc(O)cc1. The molecule has 4 fully saturated rings. The quantitative estimate of drug-likeness (QED) is 0.459. The number of aromatic hydroxyl groups is 1. The van der Waals surface area contributed by atoms with Crippen molar-refractivity contribution in [1.82, 2.24) is 0 Å². The smallest absolute Gasteiger partial charge is 0.312 e. The lowest BCUT2D eigenvalue weighted by Gasteiger charge is -2.62. The third-order valence-electron chi connectivity index (χ3n) is 9.10. The van der Waals surface area contributed by atoms with Crippen molar-refractivity contribution in [3.8, 4) is 5.75 Å². The lowest BCUT2D eigenvalue weighted by molar-refractivity contribution is -0.231. The van der Waals surface area contributed by atoms with Gasteiger partial charge in [-0.05, 0) is 112 Å². The van der Waals surface area contributed by atoms with E-state index in [1.54, 1.807) is 12.1 Å². The van der Waals surface area contributed by atoms with Gasteiger partial charge >= 0.3 is 5.97 Å². The minimum absolute atomic E-state index is 0.0335. The van der Waals surface area contributed by atoms with Crippen molar-refractivity contribution in [2.24, 2.45) is 35.0 Å². The van der Waals surface area contributed by atoms with Gasteiger partial charge in [-0.3, -0.25) is 4.79 Å². The zero-order valence-corrected chi connectivity index (χ0v) is 21.5. The number of hydrogen-bond acceptors (Lipinski definition) is 3. The van der Waals surface area contributed by atoms with E-state index in [0.717, 1.165) is 24.7 Å². The Hall–Kier alpha value is -1.51. The molecule has 1 aromatic rings. The van der Waals surface area contributed by atoms with Crippen LogP contribution in [0.2, 0.25) is 0 Å². The average Bonchev–Trinajstić information content (AvgIpc) is 2.75. The molecule has 5 rings (SSSR count). The Bertz CT molecular complexity index is 733. The zero-order chi connectivity index (χ0) is 23.7. The first kappa shape index (κ1) is 25.1. The summed E-state index contributed by atoms with van der Waals surface area (Å²) in [6.45, 7) is 15.0. The highest BCUT2D eigenvalue weighted by Gasteiger charge is 2.61. The second-order valence-electron chi connectivity index (χ2n) is 11.8. The first-order valence-electron chi connectivity index (χ1n) is 13.1. The van der Waals surface area contributed by atoms with E-state index in [2.05, 4.69) is 34.6 Å². The van der Waals surface area contributed by atoms with Crippen LogP contribution in [0.25, 0.3) is 0 Å². The highest BCUT2D eigenvalue weighted by atomic mass is 16.6. The zero-order valence-electron chi connectivity index (χ0n) is 21.5. The van der Waals surface area contributed by atoms with E-state index in [4.69, 9.17) is 9.84 Å². The van der Waals surface area contributed by atoms with Crippen molar-refractivity contribution in [2.75, 3.05) is 0 Å². The highest BCUT2D eigenvalue weighted by Crippen LogP contribution is 2.62. The summed E-state index contributed by atoms with van der Waals surface area (Å²) in [7, 11) is 0. The molecule has 1 aromatic carbocycles. The Morgan fingerprint density at radius 3 is 1.91 bits per heavy atom. The van der Waals surface area contributed by atoms with Crippen LogP contribution in [0.3, 0.4) is 0 Å². The Morgan fingerprint density at radius 1 is 1.00 bits per heavy atom. The number of phenols is 1. The summed E-state index contributed by atoms with van der Waals surface area (Å²) in [6.07, 6.45) is 8.62. The van der Waals surface area contributed by atoms with Crippen molar-refractivity contribution in [3.05, 3.63) is 29.8 Å². The van der Waals surface area contributed by atoms with E-state index in [0.29, 0.717) is 29.4 Å². The summed E-state index contributed by atoms with van der Waals surface area (Å²) in [5, 5.41) is 9.01. The topological polar surface area (TPSA) is 46.5 Å². The molecule has 0 radical (unpaired) electrons. The molecule has 4 bridgehead atoms. The fourth-order valence-electron chi connectivity index (χ4n) is 6.63. The van der Waals surface area contributed by atoms with E-state index >= 15 is 0 Å². The molecule has 0 amide bonds. The normalized spacial score (nSPS) is 31.8. The van der Waals surface area contributed by atoms with Crippen LogP contribution in [-0.4, -0.2) is 16.7 Å². The molecule has 1 N–H and O–H groups in total. The molecular weight excluding hydrogens is 396 g/mol. The van der Waals surface area contributed by atoms with Crippen LogP contribution in [0.4, 0.5) is 0 Å². The lowest BCUT2D eigenvalue weighted by atomic mass is 9.47. The van der Waals surface area contributed by atoms with Gasteiger partial charge in [0.1, 0.15) is 11.4 Å². The van der Waals surface area contributed by atoms with Gasteiger partial charge in [0.15, 0.2) is 0 Å². The molecule has 180 valence electrons. The minimum atomic E-state index is -0.351. The van der Waals surface area contributed by atoms with Crippen molar-refractivity contribution in [1.29, 1.82) is 0 Å². The van der Waals surface area contributed by atoms with Crippen molar-refractivity contribution in [3.63, 3.8) is 0 Å². The standard InChI is InChI=1S/C19H32O2.C10H14O/c1-6-18(4,5)17(20)21-19(12(2)3)15-8-13-7-14(10-15)11-16(19)9-13;1-3-8(2)9-4-6-10(11)7-5-9/h12-16H,6-11H2,1-5H3;4-8,11H,3H2,1-2H3. The van der Waals surface area contributed by atoms with Crippen LogP contribution in [0.1, 0.15) is 105 Å². The number of carbonyl (C=O) groups is 1.